The van der Waals surface area contributed by atoms with Crippen molar-refractivity contribution in [2.24, 2.45) is 4.99 Å². The Hall–Kier alpha value is -1.99. The molecule has 2 aromatic rings. The molecule has 2 aliphatic heterocycles. The molecule has 27 heavy (non-hydrogen) atoms. The molecule has 1 saturated heterocycles. The quantitative estimate of drug-likeness (QED) is 0.769. The fourth-order valence-corrected chi connectivity index (χ4v) is 6.53. The summed E-state index contributed by atoms with van der Waals surface area (Å²) in [6, 6.07) is 17.8. The highest BCUT2D eigenvalue weighted by Gasteiger charge is 2.47. The lowest BCUT2D eigenvalue weighted by Gasteiger charge is -2.26. The monoisotopic (exact) mass is 402 g/mol. The lowest BCUT2D eigenvalue weighted by molar-refractivity contribution is 0.414. The summed E-state index contributed by atoms with van der Waals surface area (Å²) in [5.41, 5.74) is 2.26. The second-order valence-corrected chi connectivity index (χ2v) is 9.99. The number of aryl methyl sites for hydroxylation is 1. The molecule has 1 fully saturated rings. The van der Waals surface area contributed by atoms with Crippen LogP contribution in [0.2, 0.25) is 0 Å². The van der Waals surface area contributed by atoms with E-state index in [1.807, 2.05) is 42.5 Å². The number of ether oxygens (including phenoxy) is 1. The predicted molar refractivity (Wildman–Crippen MR) is 112 cm³/mol. The van der Waals surface area contributed by atoms with E-state index in [1.54, 1.807) is 18.9 Å². The van der Waals surface area contributed by atoms with Crippen LogP contribution in [0.1, 0.15) is 5.56 Å². The van der Waals surface area contributed by atoms with E-state index in [4.69, 9.17) is 9.73 Å². The molecular formula is C20H22N2O3S2. The number of aliphatic imine (C=N–C) groups is 1. The molecule has 0 unspecified atom stereocenters. The number of anilines is 1. The number of amidine groups is 1. The summed E-state index contributed by atoms with van der Waals surface area (Å²) in [6.45, 7) is 0. The number of para-hydroxylation sites is 1. The van der Waals surface area contributed by atoms with E-state index in [0.717, 1.165) is 28.8 Å². The molecule has 7 heteroatoms. The minimum absolute atomic E-state index is 0.0825. The van der Waals surface area contributed by atoms with Crippen LogP contribution in [0.5, 0.6) is 5.75 Å². The number of hydrogen-bond acceptors (Lipinski definition) is 6. The SMILES string of the molecule is COc1ccc(CCSC2=N[C@@H]3CS(=O)(=O)C[C@@H]3N2c2ccccc2)cc1. The maximum Gasteiger partial charge on any atom is 0.164 e. The van der Waals surface area contributed by atoms with Crippen LogP contribution in [0.25, 0.3) is 0 Å². The zero-order valence-corrected chi connectivity index (χ0v) is 16.7. The topological polar surface area (TPSA) is 59.0 Å². The highest BCUT2D eigenvalue weighted by Crippen LogP contribution is 2.35. The fraction of sp³-hybridized carbons (Fsp3) is 0.350. The van der Waals surface area contributed by atoms with Crippen LogP contribution in [0, 0.1) is 0 Å². The van der Waals surface area contributed by atoms with E-state index in [9.17, 15) is 8.42 Å². The van der Waals surface area contributed by atoms with Crippen LogP contribution in [0.15, 0.2) is 59.6 Å². The molecule has 0 amide bonds. The number of thioether (sulfide) groups is 1. The van der Waals surface area contributed by atoms with Gasteiger partial charge >= 0.3 is 0 Å². The zero-order chi connectivity index (χ0) is 18.9. The molecule has 2 heterocycles. The van der Waals surface area contributed by atoms with E-state index < -0.39 is 9.84 Å². The van der Waals surface area contributed by atoms with Gasteiger partial charge in [0.25, 0.3) is 0 Å². The second kappa shape index (κ2) is 7.56. The average molecular weight is 403 g/mol. The summed E-state index contributed by atoms with van der Waals surface area (Å²) in [6.07, 6.45) is 0.921. The zero-order valence-electron chi connectivity index (χ0n) is 15.1. The third kappa shape index (κ3) is 3.99. The molecule has 0 saturated carbocycles. The van der Waals surface area contributed by atoms with Gasteiger partial charge in [-0.25, -0.2) is 8.42 Å². The van der Waals surface area contributed by atoms with Gasteiger partial charge in [-0.3, -0.25) is 4.99 Å². The molecule has 0 spiro atoms. The first kappa shape index (κ1) is 18.4. The van der Waals surface area contributed by atoms with E-state index in [0.29, 0.717) is 0 Å². The van der Waals surface area contributed by atoms with Gasteiger partial charge in [0.05, 0.1) is 30.7 Å². The van der Waals surface area contributed by atoms with Gasteiger partial charge in [-0.1, -0.05) is 42.1 Å². The molecule has 0 bridgehead atoms. The number of hydrogen-bond donors (Lipinski definition) is 0. The van der Waals surface area contributed by atoms with Crippen molar-refractivity contribution in [2.45, 2.75) is 18.5 Å². The Kier molecular flexibility index (Phi) is 5.14. The molecule has 2 atom stereocenters. The first-order valence-corrected chi connectivity index (χ1v) is 11.7. The summed E-state index contributed by atoms with van der Waals surface area (Å²) in [5, 5.41) is 0.930. The molecule has 2 aromatic carbocycles. The van der Waals surface area contributed by atoms with Gasteiger partial charge in [0.15, 0.2) is 15.0 Å². The first-order chi connectivity index (χ1) is 13.1. The summed E-state index contributed by atoms with van der Waals surface area (Å²) in [7, 11) is -1.34. The number of fused-ring (bicyclic) bond motifs is 1. The van der Waals surface area contributed by atoms with Gasteiger partial charge in [0.2, 0.25) is 0 Å². The summed E-state index contributed by atoms with van der Waals surface area (Å²) in [5.74, 6) is 2.08. The van der Waals surface area contributed by atoms with Gasteiger partial charge in [-0.2, -0.15) is 0 Å². The fourth-order valence-electron chi connectivity index (χ4n) is 3.58. The lowest BCUT2D eigenvalue weighted by atomic mass is 10.1. The number of benzene rings is 2. The van der Waals surface area contributed by atoms with Gasteiger partial charge in [-0.15, -0.1) is 0 Å². The standard InChI is InChI=1S/C20H22N2O3S2/c1-25-17-9-7-15(8-10-17)11-12-26-20-21-18-13-27(23,24)14-19(18)22(20)16-5-3-2-4-6-16/h2-10,18-19H,11-14H2,1H3/t18-,19+/m1/s1. The Balaban J connectivity index is 1.48. The molecule has 0 aliphatic carbocycles. The lowest BCUT2D eigenvalue weighted by Crippen LogP contribution is -2.39. The van der Waals surface area contributed by atoms with Crippen molar-refractivity contribution in [1.29, 1.82) is 0 Å². The largest absolute Gasteiger partial charge is 0.497 e. The molecule has 4 rings (SSSR count). The number of methoxy groups -OCH3 is 1. The average Bonchev–Trinajstić information content (AvgIpc) is 3.14. The molecular weight excluding hydrogens is 380 g/mol. The van der Waals surface area contributed by atoms with E-state index in [2.05, 4.69) is 17.0 Å². The number of sulfone groups is 1. The van der Waals surface area contributed by atoms with Crippen molar-refractivity contribution in [2.75, 3.05) is 29.3 Å². The molecule has 142 valence electrons. The highest BCUT2D eigenvalue weighted by molar-refractivity contribution is 8.14. The van der Waals surface area contributed by atoms with Gasteiger partial charge in [-0.05, 0) is 36.2 Å². The third-order valence-electron chi connectivity index (χ3n) is 4.92. The van der Waals surface area contributed by atoms with Crippen LogP contribution >= 0.6 is 11.8 Å². The van der Waals surface area contributed by atoms with Crippen LogP contribution in [0.4, 0.5) is 5.69 Å². The van der Waals surface area contributed by atoms with Crippen molar-refractivity contribution in [3.63, 3.8) is 0 Å². The molecule has 0 aromatic heterocycles. The Morgan fingerprint density at radius 3 is 2.56 bits per heavy atom. The van der Waals surface area contributed by atoms with E-state index in [1.165, 1.54) is 5.56 Å². The van der Waals surface area contributed by atoms with Crippen molar-refractivity contribution < 1.29 is 13.2 Å². The summed E-state index contributed by atoms with van der Waals surface area (Å²) >= 11 is 1.70. The Bertz CT molecular complexity index is 927. The summed E-state index contributed by atoms with van der Waals surface area (Å²) < 4.78 is 29.3. The van der Waals surface area contributed by atoms with Gasteiger partial charge in [0.1, 0.15) is 5.75 Å². The Morgan fingerprint density at radius 1 is 1.11 bits per heavy atom. The van der Waals surface area contributed by atoms with Crippen molar-refractivity contribution in [1.82, 2.24) is 0 Å². The maximum absolute atomic E-state index is 12.1. The molecule has 0 radical (unpaired) electrons. The van der Waals surface area contributed by atoms with Crippen LogP contribution in [0.3, 0.4) is 0 Å². The molecule has 5 nitrogen and oxygen atoms in total. The Labute approximate surface area is 164 Å². The minimum Gasteiger partial charge on any atom is -0.497 e. The second-order valence-electron chi connectivity index (χ2n) is 6.78. The minimum atomic E-state index is -3.01. The third-order valence-corrected chi connectivity index (χ3v) is 7.59. The van der Waals surface area contributed by atoms with Crippen molar-refractivity contribution >= 4 is 32.5 Å². The van der Waals surface area contributed by atoms with Crippen molar-refractivity contribution in [3.05, 3.63) is 60.2 Å². The van der Waals surface area contributed by atoms with Gasteiger partial charge in [0, 0.05) is 11.4 Å². The molecule has 2 aliphatic rings. The number of nitrogens with zero attached hydrogens (tertiary/aromatic N) is 2. The van der Waals surface area contributed by atoms with Crippen LogP contribution < -0.4 is 9.64 Å². The highest BCUT2D eigenvalue weighted by atomic mass is 32.2. The normalized spacial score (nSPS) is 23.1. The van der Waals surface area contributed by atoms with E-state index in [-0.39, 0.29) is 23.6 Å². The number of rotatable bonds is 5. The van der Waals surface area contributed by atoms with Crippen LogP contribution in [-0.2, 0) is 16.3 Å². The first-order valence-electron chi connectivity index (χ1n) is 8.94. The van der Waals surface area contributed by atoms with Crippen LogP contribution in [-0.4, -0.2) is 50.0 Å². The maximum atomic E-state index is 12.1. The summed E-state index contributed by atoms with van der Waals surface area (Å²) in [4.78, 5) is 6.89. The van der Waals surface area contributed by atoms with E-state index >= 15 is 0 Å². The van der Waals surface area contributed by atoms with Gasteiger partial charge < -0.3 is 9.64 Å². The Morgan fingerprint density at radius 2 is 1.85 bits per heavy atom. The molecule has 0 N–H and O–H groups in total. The smallest absolute Gasteiger partial charge is 0.164 e. The predicted octanol–water partition coefficient (Wildman–Crippen LogP) is 3.01. The van der Waals surface area contributed by atoms with Crippen molar-refractivity contribution in [3.8, 4) is 5.75 Å².